The van der Waals surface area contributed by atoms with Crippen molar-refractivity contribution in [1.82, 2.24) is 34.3 Å². The first-order valence-electron chi connectivity index (χ1n) is 24.0. The lowest BCUT2D eigenvalue weighted by Crippen LogP contribution is -2.49. The van der Waals surface area contributed by atoms with Gasteiger partial charge < -0.3 is 18.2 Å². The SMILES string of the molecule is CC(NS(=O)Oc1cccc(NS(=O)Oc2cc(C(=O)N(C3CCCCC3)C3CCCCC3)cc(C(=O)N(C3CCCCC3)C3CCCCC3)c2)c1)c1nnc2cc(C(C)(C)C)[nH]n12. The van der Waals surface area contributed by atoms with Crippen LogP contribution < -0.4 is 17.8 Å². The summed E-state index contributed by atoms with van der Waals surface area (Å²) in [4.78, 5) is 34.3. The van der Waals surface area contributed by atoms with E-state index in [-0.39, 0.29) is 52.9 Å². The predicted octanol–water partition coefficient (Wildman–Crippen LogP) is 9.95. The van der Waals surface area contributed by atoms with Crippen molar-refractivity contribution in [3.63, 3.8) is 0 Å². The van der Waals surface area contributed by atoms with Crippen molar-refractivity contribution in [3.8, 4) is 11.5 Å². The van der Waals surface area contributed by atoms with Gasteiger partial charge in [0.05, 0.1) is 11.7 Å². The molecule has 64 heavy (non-hydrogen) atoms. The molecule has 4 aromatic rings. The molecule has 4 aliphatic rings. The van der Waals surface area contributed by atoms with Crippen molar-refractivity contribution < 1.29 is 26.4 Å². The maximum absolute atomic E-state index is 15.0. The molecule has 0 spiro atoms. The van der Waals surface area contributed by atoms with E-state index in [2.05, 4.69) is 55.3 Å². The number of hydrogen-bond donors (Lipinski definition) is 3. The second-order valence-electron chi connectivity index (χ2n) is 19.6. The first-order chi connectivity index (χ1) is 30.9. The van der Waals surface area contributed by atoms with E-state index in [1.807, 2.05) is 13.0 Å². The minimum Gasteiger partial charge on any atom is -0.389 e. The van der Waals surface area contributed by atoms with Crippen LogP contribution in [0.2, 0.25) is 0 Å². The number of anilines is 1. The van der Waals surface area contributed by atoms with Crippen LogP contribution in [0.1, 0.15) is 194 Å². The van der Waals surface area contributed by atoms with Crippen molar-refractivity contribution in [2.75, 3.05) is 4.72 Å². The molecule has 4 saturated carbocycles. The van der Waals surface area contributed by atoms with Gasteiger partial charge in [0.15, 0.2) is 11.5 Å². The van der Waals surface area contributed by atoms with Crippen LogP contribution in [0.4, 0.5) is 5.69 Å². The number of carbonyl (C=O) groups excluding carboxylic acids is 2. The molecule has 2 amide bonds. The molecular weight excluding hydrogens is 849 g/mol. The van der Waals surface area contributed by atoms with Gasteiger partial charge in [-0.1, -0.05) is 104 Å². The molecule has 4 fully saturated rings. The molecule has 2 aromatic heterocycles. The predicted molar refractivity (Wildman–Crippen MR) is 251 cm³/mol. The largest absolute Gasteiger partial charge is 0.389 e. The average Bonchev–Trinajstić information content (AvgIpc) is 3.91. The Labute approximate surface area is 384 Å². The molecule has 3 unspecified atom stereocenters. The zero-order chi connectivity index (χ0) is 44.8. The number of nitrogens with one attached hydrogen (secondary N) is 3. The van der Waals surface area contributed by atoms with E-state index >= 15 is 0 Å². The van der Waals surface area contributed by atoms with Crippen molar-refractivity contribution >= 4 is 45.7 Å². The smallest absolute Gasteiger partial charge is 0.316 e. The molecule has 348 valence electrons. The van der Waals surface area contributed by atoms with E-state index in [1.54, 1.807) is 47.0 Å². The number of aromatic amines is 1. The highest BCUT2D eigenvalue weighted by Crippen LogP contribution is 2.35. The molecule has 0 aliphatic heterocycles. The highest BCUT2D eigenvalue weighted by molar-refractivity contribution is 7.82. The second-order valence-corrected chi connectivity index (χ2v) is 21.3. The molecule has 14 nitrogen and oxygen atoms in total. The Kier molecular flexibility index (Phi) is 15.1. The summed E-state index contributed by atoms with van der Waals surface area (Å²) in [5.74, 6) is 0.849. The van der Waals surface area contributed by atoms with Crippen LogP contribution >= 0.6 is 0 Å². The standard InChI is InChI=1S/C48H68N8O6S2/c1-33(45-50-49-44-32-43(48(2,3)4)51-56(44)45)52-63(59)61-41-27-17-18-36(31-41)53-64(60)62-42-29-34(46(57)54(37-19-9-5-10-20-37)38-21-11-6-12-22-38)28-35(30-42)47(58)55(39-23-13-7-14-24-39)40-25-15-8-16-26-40/h17-18,27-33,37-40,51-53H,5-16,19-26H2,1-4H3. The summed E-state index contributed by atoms with van der Waals surface area (Å²) in [6, 6.07) is 13.8. The van der Waals surface area contributed by atoms with Gasteiger partial charge in [-0.25, -0.2) is 4.52 Å². The Hall–Kier alpha value is -4.28. The van der Waals surface area contributed by atoms with Gasteiger partial charge in [0, 0.05) is 58.5 Å². The molecule has 0 saturated heterocycles. The molecule has 8 rings (SSSR count). The van der Waals surface area contributed by atoms with Crippen molar-refractivity contribution in [1.29, 1.82) is 0 Å². The van der Waals surface area contributed by atoms with E-state index in [4.69, 9.17) is 8.37 Å². The van der Waals surface area contributed by atoms with Gasteiger partial charge >= 0.3 is 11.3 Å². The van der Waals surface area contributed by atoms with E-state index in [0.29, 0.717) is 28.3 Å². The lowest BCUT2D eigenvalue weighted by atomic mass is 9.87. The summed E-state index contributed by atoms with van der Waals surface area (Å²) >= 11 is -4.11. The first-order valence-corrected chi connectivity index (χ1v) is 26.1. The van der Waals surface area contributed by atoms with Gasteiger partial charge in [-0.3, -0.25) is 19.4 Å². The zero-order valence-corrected chi connectivity index (χ0v) is 39.8. The van der Waals surface area contributed by atoms with E-state index in [1.165, 1.54) is 25.7 Å². The van der Waals surface area contributed by atoms with Crippen molar-refractivity contribution in [2.24, 2.45) is 0 Å². The zero-order valence-electron chi connectivity index (χ0n) is 38.1. The van der Waals surface area contributed by atoms with Crippen LogP contribution in [-0.4, -0.2) is 74.0 Å². The van der Waals surface area contributed by atoms with Crippen LogP contribution in [0.25, 0.3) is 5.65 Å². The van der Waals surface area contributed by atoms with Gasteiger partial charge in [-0.2, -0.15) is 13.1 Å². The number of nitrogens with zero attached hydrogens (tertiary/aromatic N) is 5. The number of fused-ring (bicyclic) bond motifs is 1. The summed E-state index contributed by atoms with van der Waals surface area (Å²) in [5.41, 5.74) is 2.74. The lowest BCUT2D eigenvalue weighted by Gasteiger charge is -2.42. The monoisotopic (exact) mass is 916 g/mol. The number of rotatable bonds is 15. The molecule has 3 N–H and O–H groups in total. The van der Waals surface area contributed by atoms with Crippen LogP contribution in [-0.2, 0) is 27.9 Å². The lowest BCUT2D eigenvalue weighted by molar-refractivity contribution is 0.0446. The number of carbonyl (C=O) groups is 2. The number of hydrogen-bond acceptors (Lipinski definition) is 8. The van der Waals surface area contributed by atoms with Gasteiger partial charge in [0.2, 0.25) is 0 Å². The Balaban J connectivity index is 1.01. The third kappa shape index (κ3) is 11.2. The minimum absolute atomic E-state index is 0.0734. The third-order valence-electron chi connectivity index (χ3n) is 13.8. The van der Waals surface area contributed by atoms with Crippen LogP contribution in [0.5, 0.6) is 11.5 Å². The fraction of sp³-hybridized carbons (Fsp3) is 0.625. The summed E-state index contributed by atoms with van der Waals surface area (Å²) in [6.07, 6.45) is 21.5. The Morgan fingerprint density at radius 1 is 0.672 bits per heavy atom. The van der Waals surface area contributed by atoms with Crippen molar-refractivity contribution in [2.45, 2.75) is 192 Å². The molecule has 16 heteroatoms. The molecule has 0 radical (unpaired) electrons. The molecular formula is C48H68N8O6S2. The van der Waals surface area contributed by atoms with Gasteiger partial charge in [-0.15, -0.1) is 10.2 Å². The average molecular weight is 917 g/mol. The van der Waals surface area contributed by atoms with Gasteiger partial charge in [0.25, 0.3) is 23.1 Å². The van der Waals surface area contributed by atoms with Gasteiger partial charge in [-0.05, 0) is 88.6 Å². The van der Waals surface area contributed by atoms with E-state index in [9.17, 15) is 18.0 Å². The number of amides is 2. The van der Waals surface area contributed by atoms with Crippen molar-refractivity contribution in [3.05, 3.63) is 71.2 Å². The number of benzene rings is 2. The Morgan fingerprint density at radius 3 is 1.64 bits per heavy atom. The quantitative estimate of drug-likeness (QED) is 0.106. The molecule has 3 atom stereocenters. The number of aromatic nitrogens is 4. The maximum Gasteiger partial charge on any atom is 0.316 e. The van der Waals surface area contributed by atoms with Gasteiger partial charge in [0.1, 0.15) is 11.5 Å². The topological polar surface area (TPSA) is 163 Å². The fourth-order valence-electron chi connectivity index (χ4n) is 10.5. The molecule has 4 aliphatic carbocycles. The minimum atomic E-state index is -2.14. The summed E-state index contributed by atoms with van der Waals surface area (Å²) in [5, 5.41) is 11.9. The van der Waals surface area contributed by atoms with Crippen LogP contribution in [0, 0.1) is 0 Å². The van der Waals surface area contributed by atoms with E-state index in [0.717, 1.165) is 108 Å². The number of H-pyrrole nitrogens is 1. The van der Waals surface area contributed by atoms with Crippen LogP contribution in [0.3, 0.4) is 0 Å². The normalized spacial score (nSPS) is 20.1. The van der Waals surface area contributed by atoms with E-state index < -0.39 is 28.6 Å². The third-order valence-corrected chi connectivity index (χ3v) is 15.4. The molecule has 2 aromatic carbocycles. The summed E-state index contributed by atoms with van der Waals surface area (Å²) in [6.45, 7) is 8.13. The highest BCUT2D eigenvalue weighted by Gasteiger charge is 2.36. The summed E-state index contributed by atoms with van der Waals surface area (Å²) in [7, 11) is 0. The highest BCUT2D eigenvalue weighted by atomic mass is 32.2. The van der Waals surface area contributed by atoms with Crippen LogP contribution in [0.15, 0.2) is 48.5 Å². The Morgan fingerprint density at radius 2 is 1.16 bits per heavy atom. The maximum atomic E-state index is 15.0. The summed E-state index contributed by atoms with van der Waals surface area (Å²) < 4.78 is 46.5. The molecule has 0 bridgehead atoms. The Bertz CT molecular complexity index is 2160. The second kappa shape index (κ2) is 20.9. The molecule has 2 heterocycles. The first kappa shape index (κ1) is 46.3. The fourth-order valence-corrected chi connectivity index (χ4v) is 11.8.